The Labute approximate surface area is 154 Å². The molecule has 148 valence electrons. The lowest BCUT2D eigenvalue weighted by molar-refractivity contribution is -0.115. The summed E-state index contributed by atoms with van der Waals surface area (Å²) in [4.78, 5) is 25.0. The molecule has 0 saturated heterocycles. The van der Waals surface area contributed by atoms with Gasteiger partial charge in [0.1, 0.15) is 11.3 Å². The van der Waals surface area contributed by atoms with E-state index in [0.29, 0.717) is 6.42 Å². The van der Waals surface area contributed by atoms with Gasteiger partial charge in [0, 0.05) is 31.0 Å². The minimum atomic E-state index is -1.83. The summed E-state index contributed by atoms with van der Waals surface area (Å²) in [6, 6.07) is -0.895. The van der Waals surface area contributed by atoms with Crippen LogP contribution < -0.4 is 4.74 Å². The van der Waals surface area contributed by atoms with Crippen molar-refractivity contribution in [3.8, 4) is 5.75 Å². The first-order chi connectivity index (χ1) is 12.6. The zero-order valence-electron chi connectivity index (χ0n) is 15.5. The van der Waals surface area contributed by atoms with Crippen LogP contribution in [-0.4, -0.2) is 28.7 Å². The van der Waals surface area contributed by atoms with Gasteiger partial charge in [0.15, 0.2) is 17.4 Å². The summed E-state index contributed by atoms with van der Waals surface area (Å²) in [5.41, 5.74) is -1.31. The highest BCUT2D eigenvalue weighted by atomic mass is 19.2. The van der Waals surface area contributed by atoms with Crippen molar-refractivity contribution >= 4 is 11.7 Å². The fourth-order valence-electron chi connectivity index (χ4n) is 3.06. The molecule has 0 aliphatic heterocycles. The predicted octanol–water partition coefficient (Wildman–Crippen LogP) is 4.52. The van der Waals surface area contributed by atoms with Gasteiger partial charge in [0.05, 0.1) is 0 Å². The topological polar surface area (TPSA) is 46.6 Å². The number of hydrogen-bond acceptors (Lipinski definition) is 3. The van der Waals surface area contributed by atoms with E-state index in [1.807, 2.05) is 0 Å². The SMILES string of the molecule is CC(C)N(C(=O)c1c(F)c(F)c(OC2=CC(=O)CCC2)c(F)c1F)C(C)C. The molecule has 0 N–H and O–H groups in total. The first-order valence-electron chi connectivity index (χ1n) is 8.66. The first kappa shape index (κ1) is 20.9. The van der Waals surface area contributed by atoms with E-state index < -0.39 is 52.6 Å². The third kappa shape index (κ3) is 4.14. The Morgan fingerprint density at radius 3 is 1.93 bits per heavy atom. The van der Waals surface area contributed by atoms with Crippen molar-refractivity contribution in [2.75, 3.05) is 0 Å². The minimum absolute atomic E-state index is 0.0899. The van der Waals surface area contributed by atoms with Gasteiger partial charge in [-0.05, 0) is 34.1 Å². The van der Waals surface area contributed by atoms with Crippen LogP contribution in [-0.2, 0) is 4.79 Å². The highest BCUT2D eigenvalue weighted by Crippen LogP contribution is 2.33. The Hall–Kier alpha value is -2.38. The lowest BCUT2D eigenvalue weighted by Gasteiger charge is -2.31. The molecule has 0 bridgehead atoms. The summed E-state index contributed by atoms with van der Waals surface area (Å²) in [6.45, 7) is 6.46. The van der Waals surface area contributed by atoms with Crippen molar-refractivity contribution in [2.45, 2.75) is 59.0 Å². The standard InChI is InChI=1S/C19H21F4NO3/c1-9(2)24(10(3)4)19(26)13-14(20)16(22)18(17(23)15(13)21)27-12-7-5-6-11(25)8-12/h8-10H,5-7H2,1-4H3. The quantitative estimate of drug-likeness (QED) is 0.551. The van der Waals surface area contributed by atoms with E-state index in [1.165, 1.54) is 0 Å². The van der Waals surface area contributed by atoms with Gasteiger partial charge in [-0.15, -0.1) is 0 Å². The van der Waals surface area contributed by atoms with Crippen LogP contribution in [0.3, 0.4) is 0 Å². The van der Waals surface area contributed by atoms with Crippen LogP contribution in [0.4, 0.5) is 17.6 Å². The molecule has 2 rings (SSSR count). The van der Waals surface area contributed by atoms with Crippen molar-refractivity contribution in [3.05, 3.63) is 40.7 Å². The van der Waals surface area contributed by atoms with Crippen LogP contribution in [0.15, 0.2) is 11.8 Å². The van der Waals surface area contributed by atoms with E-state index in [0.717, 1.165) is 11.0 Å². The molecule has 4 nitrogen and oxygen atoms in total. The average Bonchev–Trinajstić information content (AvgIpc) is 2.56. The fraction of sp³-hybridized carbons (Fsp3) is 0.474. The highest BCUT2D eigenvalue weighted by molar-refractivity contribution is 5.95. The normalized spacial score (nSPS) is 14.6. The number of ketones is 1. The van der Waals surface area contributed by atoms with Crippen molar-refractivity contribution in [1.29, 1.82) is 0 Å². The molecule has 1 aliphatic rings. The van der Waals surface area contributed by atoms with Crippen LogP contribution in [0.1, 0.15) is 57.3 Å². The third-order valence-electron chi connectivity index (χ3n) is 4.19. The summed E-state index contributed by atoms with van der Waals surface area (Å²) in [5, 5.41) is 0. The molecule has 1 aromatic carbocycles. The monoisotopic (exact) mass is 387 g/mol. The van der Waals surface area contributed by atoms with Crippen molar-refractivity contribution in [3.63, 3.8) is 0 Å². The second-order valence-corrected chi connectivity index (χ2v) is 6.89. The van der Waals surface area contributed by atoms with E-state index in [9.17, 15) is 27.2 Å². The molecule has 0 saturated carbocycles. The second kappa shape index (κ2) is 8.10. The van der Waals surface area contributed by atoms with Crippen LogP contribution in [0.5, 0.6) is 5.75 Å². The Morgan fingerprint density at radius 2 is 1.48 bits per heavy atom. The van der Waals surface area contributed by atoms with Gasteiger partial charge in [-0.25, -0.2) is 8.78 Å². The third-order valence-corrected chi connectivity index (χ3v) is 4.19. The molecule has 0 radical (unpaired) electrons. The summed E-state index contributed by atoms with van der Waals surface area (Å²) in [6.07, 6.45) is 1.89. The fourth-order valence-corrected chi connectivity index (χ4v) is 3.06. The Bertz CT molecular complexity index is 766. The molecule has 0 atom stereocenters. The molecule has 0 fully saturated rings. The molecule has 27 heavy (non-hydrogen) atoms. The lowest BCUT2D eigenvalue weighted by atomic mass is 10.0. The number of amides is 1. The number of carbonyl (C=O) groups excluding carboxylic acids is 2. The van der Waals surface area contributed by atoms with Crippen LogP contribution in [0.2, 0.25) is 0 Å². The number of rotatable bonds is 5. The molecule has 0 heterocycles. The van der Waals surface area contributed by atoms with Gasteiger partial charge < -0.3 is 9.64 Å². The zero-order chi connectivity index (χ0) is 20.5. The van der Waals surface area contributed by atoms with Gasteiger partial charge >= 0.3 is 0 Å². The summed E-state index contributed by atoms with van der Waals surface area (Å²) >= 11 is 0. The maximum absolute atomic E-state index is 14.5. The molecule has 0 spiro atoms. The predicted molar refractivity (Wildman–Crippen MR) is 90.3 cm³/mol. The number of benzene rings is 1. The Kier molecular flexibility index (Phi) is 6.28. The molecule has 1 aromatic rings. The van der Waals surface area contributed by atoms with Crippen molar-refractivity contribution in [2.24, 2.45) is 0 Å². The number of allylic oxidation sites excluding steroid dienone is 2. The largest absolute Gasteiger partial charge is 0.455 e. The maximum atomic E-state index is 14.5. The van der Waals surface area contributed by atoms with E-state index in [2.05, 4.69) is 0 Å². The van der Waals surface area contributed by atoms with E-state index >= 15 is 0 Å². The molecule has 8 heteroatoms. The average molecular weight is 387 g/mol. The van der Waals surface area contributed by atoms with Gasteiger partial charge in [-0.1, -0.05) is 0 Å². The first-order valence-corrected chi connectivity index (χ1v) is 8.66. The highest BCUT2D eigenvalue weighted by Gasteiger charge is 2.34. The Balaban J connectivity index is 2.52. The van der Waals surface area contributed by atoms with Crippen LogP contribution >= 0.6 is 0 Å². The van der Waals surface area contributed by atoms with Gasteiger partial charge in [-0.3, -0.25) is 9.59 Å². The van der Waals surface area contributed by atoms with E-state index in [4.69, 9.17) is 4.74 Å². The molecular weight excluding hydrogens is 366 g/mol. The number of halogens is 4. The number of nitrogens with zero attached hydrogens (tertiary/aromatic N) is 1. The molecule has 0 unspecified atom stereocenters. The minimum Gasteiger partial charge on any atom is -0.455 e. The number of hydrogen-bond donors (Lipinski definition) is 0. The summed E-state index contributed by atoms with van der Waals surface area (Å²) in [5.74, 6) is -10.2. The van der Waals surface area contributed by atoms with Crippen molar-refractivity contribution in [1.82, 2.24) is 4.90 Å². The van der Waals surface area contributed by atoms with E-state index in [1.54, 1.807) is 27.7 Å². The van der Waals surface area contributed by atoms with Gasteiger partial charge in [0.25, 0.3) is 5.91 Å². The molecule has 0 aromatic heterocycles. The van der Waals surface area contributed by atoms with Gasteiger partial charge in [-0.2, -0.15) is 8.78 Å². The van der Waals surface area contributed by atoms with Crippen LogP contribution in [0.25, 0.3) is 0 Å². The summed E-state index contributed by atoms with van der Waals surface area (Å²) in [7, 11) is 0. The lowest BCUT2D eigenvalue weighted by Crippen LogP contribution is -2.43. The molecular formula is C19H21F4NO3. The van der Waals surface area contributed by atoms with Gasteiger partial charge in [0.2, 0.25) is 17.4 Å². The van der Waals surface area contributed by atoms with E-state index in [-0.39, 0.29) is 24.4 Å². The van der Waals surface area contributed by atoms with Crippen molar-refractivity contribution < 1.29 is 31.9 Å². The number of ether oxygens (including phenoxy) is 1. The van der Waals surface area contributed by atoms with Crippen LogP contribution in [0, 0.1) is 23.3 Å². The summed E-state index contributed by atoms with van der Waals surface area (Å²) < 4.78 is 62.7. The Morgan fingerprint density at radius 1 is 0.963 bits per heavy atom. The maximum Gasteiger partial charge on any atom is 0.260 e. The number of carbonyl (C=O) groups is 2. The second-order valence-electron chi connectivity index (χ2n) is 6.89. The smallest absolute Gasteiger partial charge is 0.260 e. The molecule has 1 amide bonds. The molecule has 1 aliphatic carbocycles. The zero-order valence-corrected chi connectivity index (χ0v) is 15.5.